The SMILES string of the molecule is CCn1cc(C(=O)Nc2ccccc2N2CCN(C)CC2)c(=O)c2ccc(C)nc21. The van der Waals surface area contributed by atoms with Gasteiger partial charge >= 0.3 is 0 Å². The number of carbonyl (C=O) groups excluding carboxylic acids is 1. The molecule has 0 aliphatic carbocycles. The van der Waals surface area contributed by atoms with Crippen molar-refractivity contribution in [3.8, 4) is 0 Å². The summed E-state index contributed by atoms with van der Waals surface area (Å²) in [6.07, 6.45) is 1.62. The molecule has 1 fully saturated rings. The second-order valence-corrected chi connectivity index (χ2v) is 7.74. The predicted octanol–water partition coefficient (Wildman–Crippen LogP) is 2.73. The molecule has 1 aliphatic heterocycles. The highest BCUT2D eigenvalue weighted by Crippen LogP contribution is 2.27. The van der Waals surface area contributed by atoms with Crippen molar-refractivity contribution in [3.63, 3.8) is 0 Å². The molecule has 1 saturated heterocycles. The van der Waals surface area contributed by atoms with Gasteiger partial charge in [-0.15, -0.1) is 0 Å². The minimum Gasteiger partial charge on any atom is -0.367 e. The number of pyridine rings is 2. The van der Waals surface area contributed by atoms with E-state index in [1.54, 1.807) is 18.3 Å². The number of para-hydroxylation sites is 2. The molecule has 0 spiro atoms. The van der Waals surface area contributed by atoms with Crippen molar-refractivity contribution in [2.24, 2.45) is 0 Å². The Hall–Kier alpha value is -3.19. The monoisotopic (exact) mass is 405 g/mol. The first-order valence-corrected chi connectivity index (χ1v) is 10.3. The maximum Gasteiger partial charge on any atom is 0.261 e. The van der Waals surface area contributed by atoms with E-state index in [0.29, 0.717) is 17.6 Å². The fourth-order valence-electron chi connectivity index (χ4n) is 3.85. The zero-order chi connectivity index (χ0) is 21.3. The van der Waals surface area contributed by atoms with Crippen LogP contribution in [-0.4, -0.2) is 53.6 Å². The summed E-state index contributed by atoms with van der Waals surface area (Å²) in [5, 5.41) is 3.44. The number of rotatable bonds is 4. The third kappa shape index (κ3) is 3.80. The van der Waals surface area contributed by atoms with Gasteiger partial charge in [0.15, 0.2) is 0 Å². The third-order valence-electron chi connectivity index (χ3n) is 5.64. The van der Waals surface area contributed by atoms with Crippen LogP contribution in [0, 0.1) is 6.92 Å². The summed E-state index contributed by atoms with van der Waals surface area (Å²) in [4.78, 5) is 35.2. The van der Waals surface area contributed by atoms with Crippen LogP contribution in [0.15, 0.2) is 47.4 Å². The Labute approximate surface area is 175 Å². The van der Waals surface area contributed by atoms with Gasteiger partial charge in [-0.2, -0.15) is 0 Å². The molecule has 3 aromatic rings. The molecule has 1 amide bonds. The number of likely N-dealkylation sites (N-methyl/N-ethyl adjacent to an activating group) is 1. The number of anilines is 2. The maximum absolute atomic E-state index is 13.1. The van der Waals surface area contributed by atoms with Crippen molar-refractivity contribution in [1.82, 2.24) is 14.5 Å². The number of aromatic nitrogens is 2. The largest absolute Gasteiger partial charge is 0.367 e. The van der Waals surface area contributed by atoms with Crippen molar-refractivity contribution < 1.29 is 4.79 Å². The minimum absolute atomic E-state index is 0.128. The first-order chi connectivity index (χ1) is 14.5. The van der Waals surface area contributed by atoms with Crippen LogP contribution in [0.25, 0.3) is 11.0 Å². The van der Waals surface area contributed by atoms with Crippen molar-refractivity contribution in [2.45, 2.75) is 20.4 Å². The lowest BCUT2D eigenvalue weighted by atomic mass is 10.1. The highest BCUT2D eigenvalue weighted by molar-refractivity contribution is 6.07. The van der Waals surface area contributed by atoms with Crippen LogP contribution in [0.5, 0.6) is 0 Å². The van der Waals surface area contributed by atoms with Gasteiger partial charge < -0.3 is 19.7 Å². The molecule has 156 valence electrons. The van der Waals surface area contributed by atoms with Gasteiger partial charge in [-0.05, 0) is 45.2 Å². The van der Waals surface area contributed by atoms with E-state index in [-0.39, 0.29) is 11.0 Å². The molecule has 4 rings (SSSR count). The van der Waals surface area contributed by atoms with Gasteiger partial charge in [0.05, 0.1) is 16.8 Å². The Bertz CT molecular complexity index is 1150. The lowest BCUT2D eigenvalue weighted by Crippen LogP contribution is -2.44. The molecule has 0 atom stereocenters. The molecule has 1 aromatic carbocycles. The molecule has 7 nitrogen and oxygen atoms in total. The van der Waals surface area contributed by atoms with Crippen LogP contribution in [0.1, 0.15) is 23.0 Å². The van der Waals surface area contributed by atoms with Crippen LogP contribution in [0.3, 0.4) is 0 Å². The van der Waals surface area contributed by atoms with E-state index in [1.165, 1.54) is 0 Å². The number of hydrogen-bond acceptors (Lipinski definition) is 5. The second-order valence-electron chi connectivity index (χ2n) is 7.74. The molecular weight excluding hydrogens is 378 g/mol. The van der Waals surface area contributed by atoms with Gasteiger partial charge in [0, 0.05) is 44.6 Å². The van der Waals surface area contributed by atoms with Crippen molar-refractivity contribution in [1.29, 1.82) is 0 Å². The second kappa shape index (κ2) is 8.28. The Morgan fingerprint density at radius 3 is 2.57 bits per heavy atom. The Morgan fingerprint density at radius 1 is 1.10 bits per heavy atom. The van der Waals surface area contributed by atoms with E-state index >= 15 is 0 Å². The van der Waals surface area contributed by atoms with Gasteiger partial charge in [-0.1, -0.05) is 12.1 Å². The Kier molecular flexibility index (Phi) is 5.55. The van der Waals surface area contributed by atoms with Crippen LogP contribution < -0.4 is 15.6 Å². The molecule has 0 unspecified atom stereocenters. The summed E-state index contributed by atoms with van der Waals surface area (Å²) in [5.41, 5.74) is 2.98. The smallest absolute Gasteiger partial charge is 0.261 e. The molecule has 30 heavy (non-hydrogen) atoms. The summed E-state index contributed by atoms with van der Waals surface area (Å²) in [6.45, 7) is 8.21. The van der Waals surface area contributed by atoms with Gasteiger partial charge in [0.1, 0.15) is 11.2 Å². The van der Waals surface area contributed by atoms with E-state index in [0.717, 1.165) is 43.2 Å². The van der Waals surface area contributed by atoms with Crippen molar-refractivity contribution in [3.05, 3.63) is 64.1 Å². The highest BCUT2D eigenvalue weighted by atomic mass is 16.2. The van der Waals surface area contributed by atoms with Crippen LogP contribution in [-0.2, 0) is 6.54 Å². The van der Waals surface area contributed by atoms with Gasteiger partial charge in [-0.3, -0.25) is 9.59 Å². The fourth-order valence-corrected chi connectivity index (χ4v) is 3.85. The number of hydrogen-bond donors (Lipinski definition) is 1. The average Bonchev–Trinajstić information content (AvgIpc) is 2.75. The third-order valence-corrected chi connectivity index (χ3v) is 5.64. The Balaban J connectivity index is 1.69. The maximum atomic E-state index is 13.1. The minimum atomic E-state index is -0.397. The summed E-state index contributed by atoms with van der Waals surface area (Å²) >= 11 is 0. The number of benzene rings is 1. The number of carbonyl (C=O) groups is 1. The summed E-state index contributed by atoms with van der Waals surface area (Å²) in [5.74, 6) is -0.397. The number of aryl methyl sites for hydroxylation is 2. The summed E-state index contributed by atoms with van der Waals surface area (Å²) in [7, 11) is 2.11. The van der Waals surface area contributed by atoms with E-state index in [2.05, 4.69) is 27.1 Å². The van der Waals surface area contributed by atoms with E-state index in [1.807, 2.05) is 42.7 Å². The quantitative estimate of drug-likeness (QED) is 0.723. The topological polar surface area (TPSA) is 70.5 Å². The standard InChI is InChI=1S/C23H27N5O2/c1-4-27-15-18(21(29)17-10-9-16(2)24-22(17)27)23(30)25-19-7-5-6-8-20(19)28-13-11-26(3)12-14-28/h5-10,15H,4,11-14H2,1-3H3,(H,25,30). The normalized spacial score (nSPS) is 14.8. The number of nitrogens with one attached hydrogen (secondary N) is 1. The molecule has 2 aromatic heterocycles. The lowest BCUT2D eigenvalue weighted by Gasteiger charge is -2.35. The molecule has 0 bridgehead atoms. The summed E-state index contributed by atoms with van der Waals surface area (Å²) < 4.78 is 1.85. The van der Waals surface area contributed by atoms with Gasteiger partial charge in [0.25, 0.3) is 5.91 Å². The van der Waals surface area contributed by atoms with Crippen molar-refractivity contribution in [2.75, 3.05) is 43.4 Å². The molecule has 1 N–H and O–H groups in total. The number of amides is 1. The molecule has 1 aliphatic rings. The molecule has 3 heterocycles. The molecule has 0 radical (unpaired) electrons. The predicted molar refractivity (Wildman–Crippen MR) is 121 cm³/mol. The van der Waals surface area contributed by atoms with Crippen LogP contribution >= 0.6 is 0 Å². The Morgan fingerprint density at radius 2 is 1.83 bits per heavy atom. The van der Waals surface area contributed by atoms with E-state index < -0.39 is 5.91 Å². The van der Waals surface area contributed by atoms with E-state index in [9.17, 15) is 9.59 Å². The van der Waals surface area contributed by atoms with Gasteiger partial charge in [0.2, 0.25) is 5.43 Å². The number of nitrogens with zero attached hydrogens (tertiary/aromatic N) is 4. The van der Waals surface area contributed by atoms with Crippen molar-refractivity contribution >= 4 is 28.3 Å². The molecule has 7 heteroatoms. The van der Waals surface area contributed by atoms with E-state index in [4.69, 9.17) is 0 Å². The first-order valence-electron chi connectivity index (χ1n) is 10.3. The lowest BCUT2D eigenvalue weighted by molar-refractivity contribution is 0.102. The molecular formula is C23H27N5O2. The first kappa shape index (κ1) is 20.1. The number of fused-ring (bicyclic) bond motifs is 1. The highest BCUT2D eigenvalue weighted by Gasteiger charge is 2.20. The van der Waals surface area contributed by atoms with Gasteiger partial charge in [-0.25, -0.2) is 4.98 Å². The zero-order valence-corrected chi connectivity index (χ0v) is 17.7. The fraction of sp³-hybridized carbons (Fsp3) is 0.348. The molecule has 0 saturated carbocycles. The van der Waals surface area contributed by atoms with Crippen LogP contribution in [0.2, 0.25) is 0 Å². The zero-order valence-electron chi connectivity index (χ0n) is 17.7. The summed E-state index contributed by atoms with van der Waals surface area (Å²) in [6, 6.07) is 11.3. The van der Waals surface area contributed by atoms with Crippen LogP contribution in [0.4, 0.5) is 11.4 Å². The average molecular weight is 406 g/mol. The number of piperazine rings is 1.